The standard InChI is InChI=1S/C25H19NS/c1-16-11-12-19(13-21(16)18-8-4-3-5-9-18)23-14-24-22(15-26-23)20-10-6-7-17(2)25(20)27-24/h3-15H,1-2H3/i2D3. The van der Waals surface area contributed by atoms with Gasteiger partial charge >= 0.3 is 0 Å². The number of pyridine rings is 1. The Morgan fingerprint density at radius 1 is 0.815 bits per heavy atom. The lowest BCUT2D eigenvalue weighted by atomic mass is 9.97. The molecule has 0 bridgehead atoms. The number of aromatic nitrogens is 1. The van der Waals surface area contributed by atoms with E-state index in [0.717, 1.165) is 31.4 Å². The van der Waals surface area contributed by atoms with Crippen LogP contribution in [0.3, 0.4) is 0 Å². The van der Waals surface area contributed by atoms with E-state index in [4.69, 9.17) is 9.10 Å². The third-order valence-corrected chi connectivity index (χ3v) is 6.20. The van der Waals surface area contributed by atoms with Crippen molar-refractivity contribution in [2.45, 2.75) is 13.8 Å². The largest absolute Gasteiger partial charge is 0.256 e. The van der Waals surface area contributed by atoms with Crippen LogP contribution in [0.15, 0.2) is 79.0 Å². The summed E-state index contributed by atoms with van der Waals surface area (Å²) in [5.41, 5.74) is 5.94. The molecular weight excluding hydrogens is 346 g/mol. The number of hydrogen-bond donors (Lipinski definition) is 0. The lowest BCUT2D eigenvalue weighted by Gasteiger charge is -2.09. The molecule has 0 unspecified atom stereocenters. The zero-order valence-corrected chi connectivity index (χ0v) is 15.7. The molecule has 0 aliphatic rings. The summed E-state index contributed by atoms with van der Waals surface area (Å²) >= 11 is 1.53. The first-order valence-corrected chi connectivity index (χ1v) is 9.72. The summed E-state index contributed by atoms with van der Waals surface area (Å²) in [6, 6.07) is 24.3. The van der Waals surface area contributed by atoms with Crippen LogP contribution in [0.5, 0.6) is 0 Å². The first-order valence-electron chi connectivity index (χ1n) is 10.4. The van der Waals surface area contributed by atoms with Crippen molar-refractivity contribution in [2.24, 2.45) is 0 Å². The molecule has 0 saturated heterocycles. The SMILES string of the molecule is [2H]C([2H])([2H])c1cccc2c1sc1cc(-c3ccc(C)c(-c4ccccc4)c3)ncc12. The van der Waals surface area contributed by atoms with E-state index in [9.17, 15) is 0 Å². The molecule has 0 saturated carbocycles. The molecule has 0 spiro atoms. The van der Waals surface area contributed by atoms with Crippen molar-refractivity contribution < 1.29 is 4.11 Å². The van der Waals surface area contributed by atoms with E-state index in [1.165, 1.54) is 28.0 Å². The van der Waals surface area contributed by atoms with Crippen LogP contribution in [0.2, 0.25) is 0 Å². The summed E-state index contributed by atoms with van der Waals surface area (Å²) in [7, 11) is 0. The Labute approximate surface area is 167 Å². The molecule has 2 aromatic heterocycles. The maximum absolute atomic E-state index is 7.85. The second kappa shape index (κ2) is 6.33. The van der Waals surface area contributed by atoms with Crippen molar-refractivity contribution >= 4 is 31.5 Å². The van der Waals surface area contributed by atoms with Gasteiger partial charge in [-0.15, -0.1) is 11.3 Å². The van der Waals surface area contributed by atoms with E-state index in [1.54, 1.807) is 6.07 Å². The molecule has 0 atom stereocenters. The predicted octanol–water partition coefficient (Wildman–Crippen LogP) is 7.40. The Balaban J connectivity index is 1.67. The summed E-state index contributed by atoms with van der Waals surface area (Å²) in [6.07, 6.45) is 1.87. The molecule has 2 heteroatoms. The number of fused-ring (bicyclic) bond motifs is 3. The van der Waals surface area contributed by atoms with Gasteiger partial charge in [-0.3, -0.25) is 4.98 Å². The van der Waals surface area contributed by atoms with E-state index < -0.39 is 6.85 Å². The summed E-state index contributed by atoms with van der Waals surface area (Å²) in [6.45, 7) is -0.0107. The van der Waals surface area contributed by atoms with Gasteiger partial charge in [0.05, 0.1) is 5.69 Å². The molecule has 1 nitrogen and oxygen atoms in total. The van der Waals surface area contributed by atoms with E-state index in [-0.39, 0.29) is 0 Å². The fourth-order valence-corrected chi connectivity index (χ4v) is 4.69. The molecule has 27 heavy (non-hydrogen) atoms. The normalized spacial score (nSPS) is 13.4. The highest BCUT2D eigenvalue weighted by Crippen LogP contribution is 2.37. The highest BCUT2D eigenvalue weighted by Gasteiger charge is 2.10. The van der Waals surface area contributed by atoms with Crippen molar-refractivity contribution in [3.05, 3.63) is 90.1 Å². The van der Waals surface area contributed by atoms with Crippen LogP contribution < -0.4 is 0 Å². The minimum atomic E-state index is -2.13. The summed E-state index contributed by atoms with van der Waals surface area (Å²) in [5, 5.41) is 1.96. The zero-order chi connectivity index (χ0) is 20.9. The molecule has 5 rings (SSSR count). The highest BCUT2D eigenvalue weighted by molar-refractivity contribution is 7.26. The Kier molecular flexibility index (Phi) is 3.10. The van der Waals surface area contributed by atoms with E-state index in [2.05, 4.69) is 43.3 Å². The third kappa shape index (κ3) is 2.73. The van der Waals surface area contributed by atoms with Crippen LogP contribution in [0.25, 0.3) is 42.6 Å². The average Bonchev–Trinajstić information content (AvgIpc) is 3.11. The molecule has 0 N–H and O–H groups in total. The van der Waals surface area contributed by atoms with Gasteiger partial charge in [0.1, 0.15) is 0 Å². The molecular formula is C25H19NS. The van der Waals surface area contributed by atoms with Gasteiger partial charge in [-0.2, -0.15) is 0 Å². The number of rotatable bonds is 2. The number of aryl methyl sites for hydroxylation is 2. The van der Waals surface area contributed by atoms with E-state index >= 15 is 0 Å². The van der Waals surface area contributed by atoms with Gasteiger partial charge in [0.2, 0.25) is 0 Å². The first kappa shape index (κ1) is 13.2. The first-order chi connectivity index (χ1) is 14.4. The van der Waals surface area contributed by atoms with E-state index in [1.807, 2.05) is 36.5 Å². The molecule has 130 valence electrons. The fourth-order valence-electron chi connectivity index (χ4n) is 3.56. The molecule has 0 radical (unpaired) electrons. The summed E-state index contributed by atoms with van der Waals surface area (Å²) < 4.78 is 25.4. The Bertz CT molecular complexity index is 1380. The van der Waals surface area contributed by atoms with Gasteiger partial charge in [-0.05, 0) is 48.2 Å². The third-order valence-electron chi connectivity index (χ3n) is 5.00. The number of thiophene rings is 1. The highest BCUT2D eigenvalue weighted by atomic mass is 32.1. The zero-order valence-electron chi connectivity index (χ0n) is 17.9. The summed E-state index contributed by atoms with van der Waals surface area (Å²) in [4.78, 5) is 4.72. The lowest BCUT2D eigenvalue weighted by molar-refractivity contribution is 1.35. The maximum atomic E-state index is 7.85. The van der Waals surface area contributed by atoms with Gasteiger partial charge in [0, 0.05) is 36.0 Å². The van der Waals surface area contributed by atoms with Crippen LogP contribution in [0.4, 0.5) is 0 Å². The van der Waals surface area contributed by atoms with Crippen LogP contribution in [0.1, 0.15) is 15.2 Å². The Morgan fingerprint density at radius 2 is 1.70 bits per heavy atom. The van der Waals surface area contributed by atoms with Crippen LogP contribution in [-0.4, -0.2) is 4.98 Å². The molecule has 0 aliphatic carbocycles. The molecule has 2 heterocycles. The van der Waals surface area contributed by atoms with Gasteiger partial charge in [-0.25, -0.2) is 0 Å². The lowest BCUT2D eigenvalue weighted by Crippen LogP contribution is -1.87. The quantitative estimate of drug-likeness (QED) is 0.316. The molecule has 5 aromatic rings. The van der Waals surface area contributed by atoms with Crippen LogP contribution in [0, 0.1) is 13.8 Å². The average molecular weight is 369 g/mol. The van der Waals surface area contributed by atoms with Gasteiger partial charge < -0.3 is 0 Å². The summed E-state index contributed by atoms with van der Waals surface area (Å²) in [5.74, 6) is 0. The van der Waals surface area contributed by atoms with Crippen molar-refractivity contribution in [3.8, 4) is 22.4 Å². The number of benzene rings is 3. The second-order valence-corrected chi connectivity index (χ2v) is 7.80. The molecule has 0 aliphatic heterocycles. The molecule has 3 aromatic carbocycles. The van der Waals surface area contributed by atoms with Crippen molar-refractivity contribution in [1.82, 2.24) is 4.98 Å². The second-order valence-electron chi connectivity index (χ2n) is 6.75. The van der Waals surface area contributed by atoms with Crippen LogP contribution in [-0.2, 0) is 0 Å². The van der Waals surface area contributed by atoms with Crippen molar-refractivity contribution in [1.29, 1.82) is 0 Å². The van der Waals surface area contributed by atoms with Gasteiger partial charge in [0.15, 0.2) is 0 Å². The van der Waals surface area contributed by atoms with Crippen molar-refractivity contribution in [3.63, 3.8) is 0 Å². The fraction of sp³-hybridized carbons (Fsp3) is 0.0800. The van der Waals surface area contributed by atoms with Crippen LogP contribution >= 0.6 is 11.3 Å². The monoisotopic (exact) mass is 368 g/mol. The van der Waals surface area contributed by atoms with E-state index in [0.29, 0.717) is 5.56 Å². The van der Waals surface area contributed by atoms with Gasteiger partial charge in [0.25, 0.3) is 0 Å². The molecule has 0 amide bonds. The maximum Gasteiger partial charge on any atom is 0.0716 e. The Hall–Kier alpha value is -2.97. The smallest absolute Gasteiger partial charge is 0.0716 e. The van der Waals surface area contributed by atoms with Crippen molar-refractivity contribution in [2.75, 3.05) is 0 Å². The topological polar surface area (TPSA) is 12.9 Å². The molecule has 0 fully saturated rings. The number of hydrogen-bond acceptors (Lipinski definition) is 2. The number of nitrogens with zero attached hydrogens (tertiary/aromatic N) is 1. The minimum absolute atomic E-state index is 0.407. The van der Waals surface area contributed by atoms with Gasteiger partial charge in [-0.1, -0.05) is 60.7 Å². The predicted molar refractivity (Wildman–Crippen MR) is 117 cm³/mol. The minimum Gasteiger partial charge on any atom is -0.256 e. The Morgan fingerprint density at radius 3 is 2.56 bits per heavy atom.